The lowest BCUT2D eigenvalue weighted by Crippen LogP contribution is -2.17. The standard InChI is InChI=1S/C27H23F3N2O4/c1-4-18-10-11-21(22(32-18)26(34)35)31-15(3)19-12-17(27(28,29)30)13-20-23(33)14(2)24(36-25(19)20)16-8-6-5-7-9-16/h5-13,15,31H,4H2,1-3H3,(H,34,35). The van der Waals surface area contributed by atoms with Crippen LogP contribution in [0.4, 0.5) is 18.9 Å². The molecule has 0 saturated carbocycles. The van der Waals surface area contributed by atoms with E-state index < -0.39 is 29.2 Å². The molecule has 1 atom stereocenters. The number of carboxylic acid groups (broad SMARTS) is 1. The lowest BCUT2D eigenvalue weighted by molar-refractivity contribution is -0.137. The van der Waals surface area contributed by atoms with E-state index in [1.807, 2.05) is 6.92 Å². The van der Waals surface area contributed by atoms with Crippen LogP contribution in [-0.2, 0) is 12.6 Å². The van der Waals surface area contributed by atoms with Crippen molar-refractivity contribution in [1.29, 1.82) is 0 Å². The number of rotatable bonds is 6. The van der Waals surface area contributed by atoms with Crippen LogP contribution < -0.4 is 10.7 Å². The maximum Gasteiger partial charge on any atom is 0.416 e. The molecular weight excluding hydrogens is 473 g/mol. The molecule has 0 radical (unpaired) electrons. The molecule has 4 aromatic rings. The zero-order valence-electron chi connectivity index (χ0n) is 19.7. The van der Waals surface area contributed by atoms with Crippen molar-refractivity contribution in [3.8, 4) is 11.3 Å². The first-order valence-corrected chi connectivity index (χ1v) is 11.2. The second-order valence-corrected chi connectivity index (χ2v) is 8.41. The maximum atomic E-state index is 13.8. The van der Waals surface area contributed by atoms with Crippen molar-refractivity contribution in [3.63, 3.8) is 0 Å². The normalized spacial score (nSPS) is 12.5. The van der Waals surface area contributed by atoms with Crippen LogP contribution in [0.3, 0.4) is 0 Å². The summed E-state index contributed by atoms with van der Waals surface area (Å²) in [7, 11) is 0. The highest BCUT2D eigenvalue weighted by Crippen LogP contribution is 2.37. The Bertz CT molecular complexity index is 1510. The van der Waals surface area contributed by atoms with Gasteiger partial charge in [0.05, 0.1) is 22.7 Å². The summed E-state index contributed by atoms with van der Waals surface area (Å²) in [4.78, 5) is 29.1. The predicted molar refractivity (Wildman–Crippen MR) is 130 cm³/mol. The first-order chi connectivity index (χ1) is 17.0. The van der Waals surface area contributed by atoms with Crippen LogP contribution in [-0.4, -0.2) is 16.1 Å². The molecule has 6 nitrogen and oxygen atoms in total. The SMILES string of the molecule is CCc1ccc(NC(C)c2cc(C(F)(F)F)cc3c(=O)c(C)c(-c4ccccc4)oc23)c(C(=O)O)n1. The molecule has 1 unspecified atom stereocenters. The number of anilines is 1. The maximum absolute atomic E-state index is 13.8. The fourth-order valence-electron chi connectivity index (χ4n) is 4.05. The smallest absolute Gasteiger partial charge is 0.416 e. The van der Waals surface area contributed by atoms with E-state index in [0.717, 1.165) is 12.1 Å². The van der Waals surface area contributed by atoms with Gasteiger partial charge in [-0.3, -0.25) is 4.79 Å². The van der Waals surface area contributed by atoms with Crippen LogP contribution in [0.2, 0.25) is 0 Å². The highest BCUT2D eigenvalue weighted by atomic mass is 19.4. The minimum absolute atomic E-state index is 0.00698. The average Bonchev–Trinajstić information content (AvgIpc) is 2.85. The van der Waals surface area contributed by atoms with E-state index in [4.69, 9.17) is 4.42 Å². The lowest BCUT2D eigenvalue weighted by Gasteiger charge is -2.21. The van der Waals surface area contributed by atoms with Gasteiger partial charge in [0.25, 0.3) is 0 Å². The van der Waals surface area contributed by atoms with Crippen LogP contribution in [0.1, 0.15) is 52.8 Å². The first kappa shape index (κ1) is 25.0. The van der Waals surface area contributed by atoms with Crippen molar-refractivity contribution in [3.05, 3.63) is 92.9 Å². The van der Waals surface area contributed by atoms with E-state index in [1.54, 1.807) is 43.3 Å². The summed E-state index contributed by atoms with van der Waals surface area (Å²) in [5.74, 6) is -1.02. The minimum atomic E-state index is -4.71. The van der Waals surface area contributed by atoms with Gasteiger partial charge in [-0.2, -0.15) is 13.2 Å². The van der Waals surface area contributed by atoms with E-state index in [2.05, 4.69) is 10.3 Å². The monoisotopic (exact) mass is 496 g/mol. The van der Waals surface area contributed by atoms with Crippen molar-refractivity contribution >= 4 is 22.6 Å². The molecular formula is C27H23F3N2O4. The third-order valence-corrected chi connectivity index (χ3v) is 5.97. The molecule has 186 valence electrons. The summed E-state index contributed by atoms with van der Waals surface area (Å²) in [5.41, 5.74) is -0.289. The number of halogens is 3. The molecule has 9 heteroatoms. The summed E-state index contributed by atoms with van der Waals surface area (Å²) >= 11 is 0. The molecule has 2 aromatic heterocycles. The summed E-state index contributed by atoms with van der Waals surface area (Å²) < 4.78 is 47.4. The van der Waals surface area contributed by atoms with Crippen molar-refractivity contribution < 1.29 is 27.5 Å². The first-order valence-electron chi connectivity index (χ1n) is 11.2. The molecule has 4 rings (SSSR count). The number of benzene rings is 2. The second-order valence-electron chi connectivity index (χ2n) is 8.41. The van der Waals surface area contributed by atoms with E-state index in [9.17, 15) is 27.9 Å². The van der Waals surface area contributed by atoms with Gasteiger partial charge in [-0.25, -0.2) is 9.78 Å². The molecule has 2 N–H and O–H groups in total. The number of aryl methyl sites for hydroxylation is 1. The number of hydrogen-bond donors (Lipinski definition) is 2. The Morgan fingerprint density at radius 3 is 2.44 bits per heavy atom. The van der Waals surface area contributed by atoms with Crippen LogP contribution in [0.15, 0.2) is 63.8 Å². The number of fused-ring (bicyclic) bond motifs is 1. The molecule has 0 spiro atoms. The lowest BCUT2D eigenvalue weighted by atomic mass is 9.98. The summed E-state index contributed by atoms with van der Waals surface area (Å²) in [6.45, 7) is 4.90. The molecule has 0 aliphatic rings. The Balaban J connectivity index is 1.94. The Morgan fingerprint density at radius 1 is 1.14 bits per heavy atom. The van der Waals surface area contributed by atoms with Gasteiger partial charge in [0.1, 0.15) is 11.3 Å². The van der Waals surface area contributed by atoms with E-state index in [-0.39, 0.29) is 39.2 Å². The molecule has 36 heavy (non-hydrogen) atoms. The zero-order chi connectivity index (χ0) is 26.2. The number of nitrogens with zero attached hydrogens (tertiary/aromatic N) is 1. The van der Waals surface area contributed by atoms with Gasteiger partial charge >= 0.3 is 12.1 Å². The van der Waals surface area contributed by atoms with Crippen molar-refractivity contribution in [2.75, 3.05) is 5.32 Å². The molecule has 0 saturated heterocycles. The molecule has 0 aliphatic heterocycles. The largest absolute Gasteiger partial charge is 0.476 e. The Morgan fingerprint density at radius 2 is 1.83 bits per heavy atom. The highest BCUT2D eigenvalue weighted by molar-refractivity contribution is 5.92. The third-order valence-electron chi connectivity index (χ3n) is 5.97. The van der Waals surface area contributed by atoms with Crippen LogP contribution >= 0.6 is 0 Å². The molecule has 2 aromatic carbocycles. The molecule has 2 heterocycles. The van der Waals surface area contributed by atoms with Gasteiger partial charge in [0.2, 0.25) is 0 Å². The van der Waals surface area contributed by atoms with Gasteiger partial charge in [0.15, 0.2) is 11.1 Å². The number of aromatic carboxylic acids is 1. The number of hydrogen-bond acceptors (Lipinski definition) is 5. The predicted octanol–water partition coefficient (Wildman–Crippen LogP) is 6.62. The van der Waals surface area contributed by atoms with E-state index >= 15 is 0 Å². The van der Waals surface area contributed by atoms with Gasteiger partial charge < -0.3 is 14.8 Å². The highest BCUT2D eigenvalue weighted by Gasteiger charge is 2.33. The molecule has 0 bridgehead atoms. The number of nitrogens with one attached hydrogen (secondary N) is 1. The molecule has 0 aliphatic carbocycles. The van der Waals surface area contributed by atoms with Crippen molar-refractivity contribution in [2.24, 2.45) is 0 Å². The Kier molecular flexibility index (Phi) is 6.58. The topological polar surface area (TPSA) is 92.4 Å². The second kappa shape index (κ2) is 9.49. The number of aromatic nitrogens is 1. The average molecular weight is 496 g/mol. The zero-order valence-corrected chi connectivity index (χ0v) is 19.7. The van der Waals surface area contributed by atoms with E-state index in [1.165, 1.54) is 13.0 Å². The molecule has 0 amide bonds. The number of alkyl halides is 3. The van der Waals surface area contributed by atoms with E-state index in [0.29, 0.717) is 17.7 Å². The minimum Gasteiger partial charge on any atom is -0.476 e. The van der Waals surface area contributed by atoms with Crippen molar-refractivity contribution in [2.45, 2.75) is 39.4 Å². The third kappa shape index (κ3) is 4.68. The number of pyridine rings is 1. The summed E-state index contributed by atoms with van der Waals surface area (Å²) in [6.07, 6.45) is -4.20. The van der Waals surface area contributed by atoms with Gasteiger partial charge in [-0.1, -0.05) is 37.3 Å². The van der Waals surface area contributed by atoms with Crippen LogP contribution in [0, 0.1) is 6.92 Å². The van der Waals surface area contributed by atoms with Crippen molar-refractivity contribution in [1.82, 2.24) is 4.98 Å². The van der Waals surface area contributed by atoms with Crippen LogP contribution in [0.5, 0.6) is 0 Å². The van der Waals surface area contributed by atoms with Gasteiger partial charge in [0, 0.05) is 22.4 Å². The fourth-order valence-corrected chi connectivity index (χ4v) is 4.05. The molecule has 0 fully saturated rings. The summed E-state index contributed by atoms with van der Waals surface area (Å²) in [5, 5.41) is 12.4. The van der Waals surface area contributed by atoms with Crippen LogP contribution in [0.25, 0.3) is 22.3 Å². The Hall–Kier alpha value is -4.14. The number of carboxylic acids is 1. The van der Waals surface area contributed by atoms with Gasteiger partial charge in [-0.05, 0) is 44.5 Å². The van der Waals surface area contributed by atoms with Gasteiger partial charge in [-0.15, -0.1) is 0 Å². The Labute approximate surface area is 204 Å². The number of carbonyl (C=O) groups is 1. The summed E-state index contributed by atoms with van der Waals surface area (Å²) in [6, 6.07) is 12.8. The fraction of sp³-hybridized carbons (Fsp3) is 0.222. The quantitative estimate of drug-likeness (QED) is 0.312.